The van der Waals surface area contributed by atoms with Crippen LogP contribution in [0.1, 0.15) is 37.8 Å². The van der Waals surface area contributed by atoms with Gasteiger partial charge in [0.2, 0.25) is 0 Å². The van der Waals surface area contributed by atoms with Gasteiger partial charge in [-0.15, -0.1) is 0 Å². The van der Waals surface area contributed by atoms with E-state index in [1.807, 2.05) is 42.3 Å². The van der Waals surface area contributed by atoms with Gasteiger partial charge >= 0.3 is 5.97 Å². The lowest BCUT2D eigenvalue weighted by atomic mass is 9.97. The average Bonchev–Trinajstić information content (AvgIpc) is 2.76. The van der Waals surface area contributed by atoms with Crippen LogP contribution >= 0.6 is 0 Å². The first-order chi connectivity index (χ1) is 14.4. The number of hydrogen-bond acceptors (Lipinski definition) is 4. The highest BCUT2D eigenvalue weighted by atomic mass is 16.4. The fourth-order valence-electron chi connectivity index (χ4n) is 3.57. The molecule has 0 saturated carbocycles. The number of hydrogen-bond donors (Lipinski definition) is 1. The van der Waals surface area contributed by atoms with E-state index in [1.54, 1.807) is 13.0 Å². The molecule has 0 bridgehead atoms. The van der Waals surface area contributed by atoms with Crippen molar-refractivity contribution in [3.63, 3.8) is 0 Å². The fourth-order valence-corrected chi connectivity index (χ4v) is 3.57. The summed E-state index contributed by atoms with van der Waals surface area (Å²) in [6.45, 7) is 4.24. The molecular weight excluding hydrogens is 374 g/mol. The minimum Gasteiger partial charge on any atom is -0.481 e. The second-order valence-electron chi connectivity index (χ2n) is 7.80. The maximum absolute atomic E-state index is 11.3. The van der Waals surface area contributed by atoms with Gasteiger partial charge in [-0.3, -0.25) is 4.79 Å². The van der Waals surface area contributed by atoms with Crippen molar-refractivity contribution >= 4 is 22.7 Å². The number of aryl methyl sites for hydroxylation is 1. The van der Waals surface area contributed by atoms with Crippen molar-refractivity contribution in [1.82, 2.24) is 4.98 Å². The lowest BCUT2D eigenvalue weighted by Gasteiger charge is -2.22. The van der Waals surface area contributed by atoms with E-state index in [2.05, 4.69) is 25.1 Å². The van der Waals surface area contributed by atoms with Crippen LogP contribution in [0.5, 0.6) is 0 Å². The molecule has 1 unspecified atom stereocenters. The molecule has 5 nitrogen and oxygen atoms in total. The van der Waals surface area contributed by atoms with Crippen LogP contribution in [-0.4, -0.2) is 29.7 Å². The summed E-state index contributed by atoms with van der Waals surface area (Å²) in [5, 5.41) is 19.6. The van der Waals surface area contributed by atoms with Gasteiger partial charge in [0, 0.05) is 19.0 Å². The summed E-state index contributed by atoms with van der Waals surface area (Å²) in [5.41, 5.74) is 4.69. The third-order valence-corrected chi connectivity index (χ3v) is 5.34. The number of fused-ring (bicyclic) bond motifs is 1. The first-order valence-corrected chi connectivity index (χ1v) is 10.3. The van der Waals surface area contributed by atoms with Crippen molar-refractivity contribution in [2.75, 3.05) is 18.5 Å². The molecule has 0 spiro atoms. The summed E-state index contributed by atoms with van der Waals surface area (Å²) in [7, 11) is 1.86. The first kappa shape index (κ1) is 21.3. The monoisotopic (exact) mass is 401 g/mol. The van der Waals surface area contributed by atoms with Crippen molar-refractivity contribution in [3.8, 4) is 17.2 Å². The van der Waals surface area contributed by atoms with Gasteiger partial charge in [0.05, 0.1) is 23.1 Å². The molecule has 0 amide bonds. The van der Waals surface area contributed by atoms with E-state index >= 15 is 0 Å². The maximum atomic E-state index is 11.3. The minimum absolute atomic E-state index is 0.361. The number of benzene rings is 2. The third-order valence-electron chi connectivity index (χ3n) is 5.34. The van der Waals surface area contributed by atoms with E-state index in [4.69, 9.17) is 4.98 Å². The minimum atomic E-state index is -0.829. The molecule has 0 radical (unpaired) electrons. The van der Waals surface area contributed by atoms with E-state index in [1.165, 1.54) is 5.56 Å². The Balaban J connectivity index is 2.14. The number of aliphatic carboxylic acids is 1. The second-order valence-corrected chi connectivity index (χ2v) is 7.80. The summed E-state index contributed by atoms with van der Waals surface area (Å²) in [5.74, 6) is -0.617. The molecule has 5 heteroatoms. The lowest BCUT2D eigenvalue weighted by Crippen LogP contribution is -2.29. The van der Waals surface area contributed by atoms with Crippen LogP contribution in [-0.2, 0) is 11.2 Å². The molecule has 0 saturated heterocycles. The highest BCUT2D eigenvalue weighted by Crippen LogP contribution is 2.33. The van der Waals surface area contributed by atoms with E-state index in [-0.39, 0.29) is 0 Å². The third kappa shape index (κ3) is 4.77. The number of rotatable bonds is 8. The van der Waals surface area contributed by atoms with Crippen molar-refractivity contribution in [3.05, 3.63) is 59.7 Å². The van der Waals surface area contributed by atoms with Crippen molar-refractivity contribution in [1.29, 1.82) is 5.26 Å². The Bertz CT molecular complexity index is 1100. The molecule has 0 aliphatic carbocycles. The number of pyridine rings is 1. The first-order valence-electron chi connectivity index (χ1n) is 10.3. The summed E-state index contributed by atoms with van der Waals surface area (Å²) in [6, 6.07) is 18.1. The Labute approximate surface area is 177 Å². The Kier molecular flexibility index (Phi) is 6.68. The topological polar surface area (TPSA) is 77.2 Å². The molecule has 1 N–H and O–H groups in total. The van der Waals surface area contributed by atoms with Gasteiger partial charge in [0.1, 0.15) is 5.82 Å². The Hall–Kier alpha value is -3.39. The molecule has 0 aliphatic rings. The van der Waals surface area contributed by atoms with Crippen LogP contribution in [0.25, 0.3) is 22.0 Å². The zero-order chi connectivity index (χ0) is 21.7. The van der Waals surface area contributed by atoms with Crippen molar-refractivity contribution in [2.45, 2.75) is 33.1 Å². The number of carboxylic acid groups (broad SMARTS) is 1. The van der Waals surface area contributed by atoms with E-state index in [0.29, 0.717) is 17.9 Å². The Morgan fingerprint density at radius 2 is 2.03 bits per heavy atom. The summed E-state index contributed by atoms with van der Waals surface area (Å²) in [4.78, 5) is 18.0. The number of anilines is 1. The standard InChI is InChI=1S/C25H27N3O2/c1-4-5-7-18-10-11-23-22(13-18)21(20-9-6-8-19(12-20)15-26)14-24(27-23)28(3)16-17(2)25(29)30/h6,8-14,17H,4-5,7,16H2,1-3H3,(H,29,30). The molecule has 3 aromatic rings. The molecule has 2 aromatic carbocycles. The van der Waals surface area contributed by atoms with Crippen molar-refractivity contribution in [2.24, 2.45) is 5.92 Å². The van der Waals surface area contributed by atoms with Crippen molar-refractivity contribution < 1.29 is 9.90 Å². The molecule has 0 fully saturated rings. The summed E-state index contributed by atoms with van der Waals surface area (Å²) in [6.07, 6.45) is 3.28. The molecule has 3 rings (SSSR count). The van der Waals surface area contributed by atoms with Gasteiger partial charge in [0.15, 0.2) is 0 Å². The highest BCUT2D eigenvalue weighted by Gasteiger charge is 2.17. The SMILES string of the molecule is CCCCc1ccc2nc(N(C)CC(C)C(=O)O)cc(-c3cccc(C#N)c3)c2c1. The molecule has 1 atom stereocenters. The summed E-state index contributed by atoms with van der Waals surface area (Å²) >= 11 is 0. The van der Waals surface area contributed by atoms with Crippen LogP contribution in [0.3, 0.4) is 0 Å². The molecule has 1 aromatic heterocycles. The quantitative estimate of drug-likeness (QED) is 0.556. The second kappa shape index (κ2) is 9.41. The zero-order valence-electron chi connectivity index (χ0n) is 17.7. The lowest BCUT2D eigenvalue weighted by molar-refractivity contribution is -0.140. The number of unbranched alkanes of at least 4 members (excludes halogenated alkanes) is 1. The maximum Gasteiger partial charge on any atom is 0.308 e. The van der Waals surface area contributed by atoms with Crippen LogP contribution in [0.4, 0.5) is 5.82 Å². The predicted molar refractivity (Wildman–Crippen MR) is 121 cm³/mol. The van der Waals surface area contributed by atoms with Gasteiger partial charge in [0.25, 0.3) is 0 Å². The largest absolute Gasteiger partial charge is 0.481 e. The van der Waals surface area contributed by atoms with E-state index < -0.39 is 11.9 Å². The average molecular weight is 402 g/mol. The number of nitriles is 1. The van der Waals surface area contributed by atoms with E-state index in [9.17, 15) is 15.2 Å². The molecule has 30 heavy (non-hydrogen) atoms. The molecule has 154 valence electrons. The number of aromatic nitrogens is 1. The van der Waals surface area contributed by atoms with Crippen LogP contribution in [0.2, 0.25) is 0 Å². The van der Waals surface area contributed by atoms with Crippen LogP contribution in [0.15, 0.2) is 48.5 Å². The van der Waals surface area contributed by atoms with E-state index in [0.717, 1.165) is 41.3 Å². The predicted octanol–water partition coefficient (Wildman–Crippen LogP) is 5.27. The molecule has 0 aliphatic heterocycles. The highest BCUT2D eigenvalue weighted by molar-refractivity contribution is 5.96. The number of carbonyl (C=O) groups is 1. The van der Waals surface area contributed by atoms with Gasteiger partial charge in [-0.2, -0.15) is 5.26 Å². The van der Waals surface area contributed by atoms with Gasteiger partial charge in [-0.05, 0) is 59.9 Å². The Morgan fingerprint density at radius 1 is 1.23 bits per heavy atom. The van der Waals surface area contributed by atoms with Gasteiger partial charge < -0.3 is 10.0 Å². The smallest absolute Gasteiger partial charge is 0.308 e. The number of carboxylic acids is 1. The van der Waals surface area contributed by atoms with Crippen LogP contribution in [0, 0.1) is 17.2 Å². The summed E-state index contributed by atoms with van der Waals surface area (Å²) < 4.78 is 0. The molecular formula is C25H27N3O2. The normalized spacial score (nSPS) is 11.8. The molecule has 1 heterocycles. The van der Waals surface area contributed by atoms with Gasteiger partial charge in [-0.1, -0.05) is 38.5 Å². The Morgan fingerprint density at radius 3 is 2.73 bits per heavy atom. The fraction of sp³-hybridized carbons (Fsp3) is 0.320. The van der Waals surface area contributed by atoms with Gasteiger partial charge in [-0.25, -0.2) is 4.98 Å². The van der Waals surface area contributed by atoms with Crippen LogP contribution < -0.4 is 4.90 Å². The zero-order valence-corrected chi connectivity index (χ0v) is 17.7. The number of nitrogens with zero attached hydrogens (tertiary/aromatic N) is 3.